The van der Waals surface area contributed by atoms with Crippen LogP contribution in [0.5, 0.6) is 11.5 Å². The van der Waals surface area contributed by atoms with Crippen LogP contribution >= 0.6 is 0 Å². The second-order valence-corrected chi connectivity index (χ2v) is 8.83. The van der Waals surface area contributed by atoms with Crippen LogP contribution in [0.25, 0.3) is 21.7 Å². The van der Waals surface area contributed by atoms with Gasteiger partial charge >= 0.3 is 0 Å². The number of pyridine rings is 1. The Labute approximate surface area is 211 Å². The van der Waals surface area contributed by atoms with E-state index in [-0.39, 0.29) is 0 Å². The van der Waals surface area contributed by atoms with Crippen molar-refractivity contribution in [2.24, 2.45) is 0 Å². The van der Waals surface area contributed by atoms with Crippen LogP contribution in [0.1, 0.15) is 5.69 Å². The molecule has 0 unspecified atom stereocenters. The van der Waals surface area contributed by atoms with E-state index in [0.717, 1.165) is 56.2 Å². The third-order valence-corrected chi connectivity index (χ3v) is 6.29. The number of anilines is 4. The van der Waals surface area contributed by atoms with Gasteiger partial charge in [0.2, 0.25) is 0 Å². The van der Waals surface area contributed by atoms with E-state index < -0.39 is 0 Å². The van der Waals surface area contributed by atoms with Gasteiger partial charge in [0.15, 0.2) is 0 Å². The minimum absolute atomic E-state index is 0.525. The summed E-state index contributed by atoms with van der Waals surface area (Å²) in [4.78, 5) is 7.17. The molecule has 0 bridgehead atoms. The van der Waals surface area contributed by atoms with Gasteiger partial charge in [-0.3, -0.25) is 4.98 Å². The van der Waals surface area contributed by atoms with Crippen LogP contribution in [-0.2, 0) is 6.54 Å². The molecule has 0 amide bonds. The minimum Gasteiger partial charge on any atom is -0.497 e. The van der Waals surface area contributed by atoms with E-state index in [1.54, 1.807) is 14.2 Å². The highest BCUT2D eigenvalue weighted by Gasteiger charge is 2.11. The van der Waals surface area contributed by atoms with Gasteiger partial charge in [-0.15, -0.1) is 0 Å². The molecule has 36 heavy (non-hydrogen) atoms. The summed E-state index contributed by atoms with van der Waals surface area (Å²) in [5, 5.41) is 10.5. The van der Waals surface area contributed by atoms with E-state index in [0.29, 0.717) is 6.54 Å². The van der Waals surface area contributed by atoms with Crippen LogP contribution in [0, 0.1) is 0 Å². The second kappa shape index (κ2) is 10.0. The number of ether oxygens (including phenoxy) is 2. The fraction of sp³-hybridized carbons (Fsp3) is 0.167. The van der Waals surface area contributed by atoms with Crippen molar-refractivity contribution in [3.63, 3.8) is 0 Å². The monoisotopic (exact) mass is 478 g/mol. The predicted molar refractivity (Wildman–Crippen MR) is 150 cm³/mol. The molecule has 0 atom stereocenters. The van der Waals surface area contributed by atoms with E-state index >= 15 is 0 Å². The van der Waals surface area contributed by atoms with Gasteiger partial charge in [0, 0.05) is 48.0 Å². The van der Waals surface area contributed by atoms with Crippen LogP contribution in [0.2, 0.25) is 0 Å². The Balaban J connectivity index is 1.55. The summed E-state index contributed by atoms with van der Waals surface area (Å²) in [6.45, 7) is 0.525. The average Bonchev–Trinajstić information content (AvgIpc) is 2.91. The molecular weight excluding hydrogens is 448 g/mol. The van der Waals surface area contributed by atoms with E-state index in [9.17, 15) is 0 Å². The fourth-order valence-corrected chi connectivity index (χ4v) is 4.34. The van der Waals surface area contributed by atoms with Crippen LogP contribution in [0.3, 0.4) is 0 Å². The van der Waals surface area contributed by atoms with E-state index in [4.69, 9.17) is 14.5 Å². The Bertz CT molecular complexity index is 1510. The van der Waals surface area contributed by atoms with Crippen LogP contribution in [0.15, 0.2) is 84.9 Å². The third kappa shape index (κ3) is 4.70. The van der Waals surface area contributed by atoms with Crippen molar-refractivity contribution in [3.8, 4) is 11.5 Å². The first-order valence-electron chi connectivity index (χ1n) is 11.9. The summed E-state index contributed by atoms with van der Waals surface area (Å²) < 4.78 is 10.9. The summed E-state index contributed by atoms with van der Waals surface area (Å²) in [5.74, 6) is 1.51. The number of nitrogens with one attached hydrogen (secondary N) is 2. The van der Waals surface area contributed by atoms with Crippen molar-refractivity contribution in [3.05, 3.63) is 90.6 Å². The molecule has 6 nitrogen and oxygen atoms in total. The van der Waals surface area contributed by atoms with Gasteiger partial charge in [-0.05, 0) is 47.9 Å². The van der Waals surface area contributed by atoms with Crippen molar-refractivity contribution >= 4 is 44.4 Å². The first-order valence-corrected chi connectivity index (χ1v) is 11.9. The molecule has 0 radical (unpaired) electrons. The maximum Gasteiger partial charge on any atom is 0.142 e. The lowest BCUT2D eigenvalue weighted by molar-refractivity contribution is 0.404. The molecule has 182 valence electrons. The highest BCUT2D eigenvalue weighted by Crippen LogP contribution is 2.33. The number of aromatic nitrogens is 1. The summed E-state index contributed by atoms with van der Waals surface area (Å²) in [6.07, 6.45) is 0. The lowest BCUT2D eigenvalue weighted by Gasteiger charge is -2.17. The summed E-state index contributed by atoms with van der Waals surface area (Å²) in [7, 11) is 7.41. The predicted octanol–water partition coefficient (Wildman–Crippen LogP) is 6.83. The molecule has 4 aromatic carbocycles. The second-order valence-electron chi connectivity index (χ2n) is 8.83. The molecule has 0 fully saturated rings. The number of methoxy groups -OCH3 is 2. The molecule has 5 aromatic rings. The Kier molecular flexibility index (Phi) is 6.50. The van der Waals surface area contributed by atoms with Gasteiger partial charge < -0.3 is 25.0 Å². The van der Waals surface area contributed by atoms with Crippen molar-refractivity contribution in [2.45, 2.75) is 6.54 Å². The average molecular weight is 479 g/mol. The zero-order chi connectivity index (χ0) is 25.1. The lowest BCUT2D eigenvalue weighted by Crippen LogP contribution is -2.08. The molecule has 6 heteroatoms. The Morgan fingerprint density at radius 2 is 1.58 bits per heavy atom. The molecule has 1 heterocycles. The molecule has 0 aliphatic rings. The van der Waals surface area contributed by atoms with Crippen molar-refractivity contribution < 1.29 is 9.47 Å². The Hall–Kier alpha value is -4.45. The molecule has 5 rings (SSSR count). The van der Waals surface area contributed by atoms with Crippen molar-refractivity contribution in [2.75, 3.05) is 43.8 Å². The number of nitrogens with zero attached hydrogens (tertiary/aromatic N) is 2. The number of fused-ring (bicyclic) bond motifs is 3. The summed E-state index contributed by atoms with van der Waals surface area (Å²) in [5.41, 5.74) is 5.93. The smallest absolute Gasteiger partial charge is 0.142 e. The van der Waals surface area contributed by atoms with Gasteiger partial charge in [-0.1, -0.05) is 36.4 Å². The first kappa shape index (κ1) is 23.3. The van der Waals surface area contributed by atoms with Crippen LogP contribution in [-0.4, -0.2) is 33.3 Å². The number of benzene rings is 4. The maximum atomic E-state index is 5.54. The normalized spacial score (nSPS) is 10.9. The zero-order valence-electron chi connectivity index (χ0n) is 21.0. The van der Waals surface area contributed by atoms with Crippen LogP contribution in [0.4, 0.5) is 22.7 Å². The molecular formula is C30H30N4O2. The van der Waals surface area contributed by atoms with Gasteiger partial charge in [0.25, 0.3) is 0 Å². The molecule has 0 saturated heterocycles. The molecule has 1 aromatic heterocycles. The van der Waals surface area contributed by atoms with E-state index in [2.05, 4.69) is 82.3 Å². The van der Waals surface area contributed by atoms with E-state index in [1.165, 1.54) is 5.39 Å². The van der Waals surface area contributed by atoms with Gasteiger partial charge in [-0.2, -0.15) is 0 Å². The van der Waals surface area contributed by atoms with Crippen LogP contribution < -0.4 is 25.0 Å². The highest BCUT2D eigenvalue weighted by atomic mass is 16.5. The standard InChI is InChI=1S/C30H30N4O2/c1-34(2)23-12-10-21(11-13-23)32-27-17-22(19-31-28-18-24(35-3)14-16-29(28)36-4)33-30-25-8-6-5-7-20(25)9-15-26(27)30/h5-18,31H,19H2,1-4H3,(H,32,33). The van der Waals surface area contributed by atoms with E-state index in [1.807, 2.05) is 32.3 Å². The number of rotatable bonds is 8. The first-order chi connectivity index (χ1) is 17.6. The Morgan fingerprint density at radius 3 is 2.33 bits per heavy atom. The number of hydrogen-bond acceptors (Lipinski definition) is 6. The maximum absolute atomic E-state index is 5.54. The summed E-state index contributed by atoms with van der Waals surface area (Å²) >= 11 is 0. The molecule has 0 aliphatic carbocycles. The highest BCUT2D eigenvalue weighted by molar-refractivity contribution is 6.09. The number of hydrogen-bond donors (Lipinski definition) is 2. The Morgan fingerprint density at radius 1 is 0.778 bits per heavy atom. The van der Waals surface area contributed by atoms with Gasteiger partial charge in [0.05, 0.1) is 37.7 Å². The SMILES string of the molecule is COc1ccc(OC)c(NCc2cc(Nc3ccc(N(C)C)cc3)c3ccc4ccccc4c3n2)c1. The summed E-state index contributed by atoms with van der Waals surface area (Å²) in [6, 6.07) is 28.9. The molecule has 0 spiro atoms. The molecule has 0 saturated carbocycles. The van der Waals surface area contributed by atoms with Gasteiger partial charge in [-0.25, -0.2) is 0 Å². The van der Waals surface area contributed by atoms with Crippen molar-refractivity contribution in [1.82, 2.24) is 4.98 Å². The largest absolute Gasteiger partial charge is 0.497 e. The van der Waals surface area contributed by atoms with Gasteiger partial charge in [0.1, 0.15) is 11.5 Å². The zero-order valence-corrected chi connectivity index (χ0v) is 21.0. The third-order valence-electron chi connectivity index (χ3n) is 6.29. The molecule has 0 aliphatic heterocycles. The molecule has 2 N–H and O–H groups in total. The van der Waals surface area contributed by atoms with Crippen molar-refractivity contribution in [1.29, 1.82) is 0 Å². The quantitative estimate of drug-likeness (QED) is 0.239. The fourth-order valence-electron chi connectivity index (χ4n) is 4.34. The topological polar surface area (TPSA) is 58.7 Å². The minimum atomic E-state index is 0.525. The lowest BCUT2D eigenvalue weighted by atomic mass is 10.0.